The van der Waals surface area contributed by atoms with Gasteiger partial charge < -0.3 is 10.5 Å². The monoisotopic (exact) mass is 261 g/mol. The van der Waals surface area contributed by atoms with Crippen LogP contribution in [0.1, 0.15) is 11.1 Å². The van der Waals surface area contributed by atoms with Crippen LogP contribution in [0.2, 0.25) is 0 Å². The lowest BCUT2D eigenvalue weighted by Crippen LogP contribution is -2.10. The maximum atomic E-state index is 5.61. The number of benzene rings is 1. The summed E-state index contributed by atoms with van der Waals surface area (Å²) in [6.45, 7) is 3.32. The molecule has 4 nitrogen and oxygen atoms in total. The van der Waals surface area contributed by atoms with Crippen LogP contribution in [-0.4, -0.2) is 21.4 Å². The molecule has 2 rings (SSSR count). The van der Waals surface area contributed by atoms with E-state index in [0.29, 0.717) is 11.6 Å². The molecule has 0 aliphatic heterocycles. The van der Waals surface area contributed by atoms with Crippen molar-refractivity contribution in [2.75, 3.05) is 6.61 Å². The quantitative estimate of drug-likeness (QED) is 0.835. The Balaban J connectivity index is 1.85. The van der Waals surface area contributed by atoms with Crippen molar-refractivity contribution in [2.24, 2.45) is 5.73 Å². The first kappa shape index (κ1) is 12.6. The molecule has 94 valence electrons. The average molecular weight is 261 g/mol. The third-order valence-corrected chi connectivity index (χ3v) is 2.73. The van der Waals surface area contributed by atoms with Gasteiger partial charge in [0, 0.05) is 11.8 Å². The van der Waals surface area contributed by atoms with Crippen molar-refractivity contribution in [3.8, 4) is 5.75 Å². The number of nitrogens with two attached hydrogens (primary N) is 1. The lowest BCUT2D eigenvalue weighted by molar-refractivity contribution is 0.291. The molecule has 0 fully saturated rings. The number of rotatable bonds is 5. The highest BCUT2D eigenvalue weighted by Gasteiger charge is 1.98. The standard InChI is InChI=1S/C13H15N3OS/c1-10-8-15-16(9-10)6-7-17-12-4-2-11(3-5-12)13(14)18/h2-5,8-9H,6-7H2,1H3,(H2,14,18). The van der Waals surface area contributed by atoms with E-state index in [2.05, 4.69) is 5.10 Å². The molecule has 2 aromatic rings. The smallest absolute Gasteiger partial charge is 0.119 e. The van der Waals surface area contributed by atoms with Crippen molar-refractivity contribution < 1.29 is 4.74 Å². The van der Waals surface area contributed by atoms with Gasteiger partial charge in [0.1, 0.15) is 17.3 Å². The zero-order valence-corrected chi connectivity index (χ0v) is 11.0. The number of aromatic nitrogens is 2. The van der Waals surface area contributed by atoms with Gasteiger partial charge in [-0.05, 0) is 36.8 Å². The summed E-state index contributed by atoms with van der Waals surface area (Å²) in [5.41, 5.74) is 7.52. The Morgan fingerprint density at radius 1 is 1.39 bits per heavy atom. The second-order valence-corrected chi connectivity index (χ2v) is 4.46. The van der Waals surface area contributed by atoms with Crippen molar-refractivity contribution in [3.05, 3.63) is 47.8 Å². The summed E-state index contributed by atoms with van der Waals surface area (Å²) in [6.07, 6.45) is 3.82. The second-order valence-electron chi connectivity index (χ2n) is 4.02. The molecule has 0 amide bonds. The molecular weight excluding hydrogens is 246 g/mol. The van der Waals surface area contributed by atoms with Crippen LogP contribution in [0.5, 0.6) is 5.75 Å². The minimum atomic E-state index is 0.397. The van der Waals surface area contributed by atoms with Crippen LogP contribution in [-0.2, 0) is 6.54 Å². The summed E-state index contributed by atoms with van der Waals surface area (Å²) in [6, 6.07) is 7.44. The summed E-state index contributed by atoms with van der Waals surface area (Å²) >= 11 is 4.88. The Morgan fingerprint density at radius 2 is 2.11 bits per heavy atom. The van der Waals surface area contributed by atoms with Crippen LogP contribution in [0.4, 0.5) is 0 Å². The van der Waals surface area contributed by atoms with Gasteiger partial charge in [-0.15, -0.1) is 0 Å². The highest BCUT2D eigenvalue weighted by Crippen LogP contribution is 2.12. The van der Waals surface area contributed by atoms with Crippen molar-refractivity contribution in [1.82, 2.24) is 9.78 Å². The van der Waals surface area contributed by atoms with Crippen molar-refractivity contribution >= 4 is 17.2 Å². The van der Waals surface area contributed by atoms with Crippen LogP contribution < -0.4 is 10.5 Å². The minimum Gasteiger partial charge on any atom is -0.492 e. The van der Waals surface area contributed by atoms with Gasteiger partial charge in [-0.25, -0.2) is 0 Å². The zero-order chi connectivity index (χ0) is 13.0. The Labute approximate surface area is 111 Å². The SMILES string of the molecule is Cc1cnn(CCOc2ccc(C(N)=S)cc2)c1. The lowest BCUT2D eigenvalue weighted by atomic mass is 10.2. The number of ether oxygens (including phenoxy) is 1. The van der Waals surface area contributed by atoms with Gasteiger partial charge in [-0.1, -0.05) is 12.2 Å². The van der Waals surface area contributed by atoms with Gasteiger partial charge in [-0.3, -0.25) is 4.68 Å². The van der Waals surface area contributed by atoms with Crippen LogP contribution in [0, 0.1) is 6.92 Å². The third kappa shape index (κ3) is 3.30. The number of hydrogen-bond donors (Lipinski definition) is 1. The fourth-order valence-electron chi connectivity index (χ4n) is 1.56. The minimum absolute atomic E-state index is 0.397. The van der Waals surface area contributed by atoms with E-state index in [9.17, 15) is 0 Å². The second kappa shape index (κ2) is 5.64. The predicted molar refractivity (Wildman–Crippen MR) is 74.8 cm³/mol. The summed E-state index contributed by atoms with van der Waals surface area (Å²) in [5, 5.41) is 4.19. The molecule has 0 aliphatic carbocycles. The van der Waals surface area contributed by atoms with Gasteiger partial charge in [0.2, 0.25) is 0 Å². The first-order valence-electron chi connectivity index (χ1n) is 5.67. The molecule has 0 aliphatic rings. The Hall–Kier alpha value is -1.88. The molecule has 5 heteroatoms. The molecule has 0 saturated heterocycles. The summed E-state index contributed by atoms with van der Waals surface area (Å²) in [7, 11) is 0. The Morgan fingerprint density at radius 3 is 2.67 bits per heavy atom. The van der Waals surface area contributed by atoms with E-state index >= 15 is 0 Å². The zero-order valence-electron chi connectivity index (χ0n) is 10.2. The topological polar surface area (TPSA) is 53.1 Å². The van der Waals surface area contributed by atoms with Crippen LogP contribution in [0.15, 0.2) is 36.7 Å². The number of hydrogen-bond acceptors (Lipinski definition) is 3. The molecule has 0 bridgehead atoms. The predicted octanol–water partition coefficient (Wildman–Crippen LogP) is 1.90. The van der Waals surface area contributed by atoms with Crippen LogP contribution in [0.25, 0.3) is 0 Å². The Kier molecular flexibility index (Phi) is 3.94. The molecule has 1 aromatic heterocycles. The first-order chi connectivity index (χ1) is 8.65. The molecular formula is C13H15N3OS. The molecule has 1 heterocycles. The summed E-state index contributed by atoms with van der Waals surface area (Å²) in [4.78, 5) is 0.397. The number of nitrogens with zero attached hydrogens (tertiary/aromatic N) is 2. The van der Waals surface area contributed by atoms with E-state index < -0.39 is 0 Å². The first-order valence-corrected chi connectivity index (χ1v) is 6.08. The largest absolute Gasteiger partial charge is 0.492 e. The molecule has 18 heavy (non-hydrogen) atoms. The normalized spacial score (nSPS) is 10.3. The number of thiocarbonyl (C=S) groups is 1. The van der Waals surface area contributed by atoms with E-state index in [-0.39, 0.29) is 0 Å². The fraction of sp³-hybridized carbons (Fsp3) is 0.231. The molecule has 1 aromatic carbocycles. The van der Waals surface area contributed by atoms with E-state index in [1.165, 1.54) is 0 Å². The van der Waals surface area contributed by atoms with Crippen molar-refractivity contribution in [3.63, 3.8) is 0 Å². The molecule has 0 unspecified atom stereocenters. The van der Waals surface area contributed by atoms with Crippen LogP contribution in [0.3, 0.4) is 0 Å². The maximum absolute atomic E-state index is 5.61. The molecule has 0 spiro atoms. The van der Waals surface area contributed by atoms with Crippen molar-refractivity contribution in [1.29, 1.82) is 0 Å². The average Bonchev–Trinajstić information content (AvgIpc) is 2.76. The highest BCUT2D eigenvalue weighted by molar-refractivity contribution is 7.80. The Bertz CT molecular complexity index is 533. The molecule has 0 radical (unpaired) electrons. The van der Waals surface area contributed by atoms with Crippen molar-refractivity contribution in [2.45, 2.75) is 13.5 Å². The van der Waals surface area contributed by atoms with Gasteiger partial charge >= 0.3 is 0 Å². The molecule has 0 atom stereocenters. The molecule has 0 saturated carbocycles. The lowest BCUT2D eigenvalue weighted by Gasteiger charge is -2.07. The van der Waals surface area contributed by atoms with E-state index in [0.717, 1.165) is 23.4 Å². The van der Waals surface area contributed by atoms with E-state index in [1.54, 1.807) is 0 Å². The van der Waals surface area contributed by atoms with Crippen LogP contribution >= 0.6 is 12.2 Å². The summed E-state index contributed by atoms with van der Waals surface area (Å²) in [5.74, 6) is 0.805. The van der Waals surface area contributed by atoms with Gasteiger partial charge in [-0.2, -0.15) is 5.10 Å². The van der Waals surface area contributed by atoms with E-state index in [4.69, 9.17) is 22.7 Å². The third-order valence-electron chi connectivity index (χ3n) is 2.49. The fourth-order valence-corrected chi connectivity index (χ4v) is 1.70. The number of aryl methyl sites for hydroxylation is 1. The molecule has 2 N–H and O–H groups in total. The van der Waals surface area contributed by atoms with Gasteiger partial charge in [0.05, 0.1) is 12.7 Å². The van der Waals surface area contributed by atoms with Gasteiger partial charge in [0.15, 0.2) is 0 Å². The van der Waals surface area contributed by atoms with Gasteiger partial charge in [0.25, 0.3) is 0 Å². The maximum Gasteiger partial charge on any atom is 0.119 e. The highest BCUT2D eigenvalue weighted by atomic mass is 32.1. The summed E-state index contributed by atoms with van der Waals surface area (Å²) < 4.78 is 7.47. The van der Waals surface area contributed by atoms with E-state index in [1.807, 2.05) is 48.3 Å².